The molecule has 0 bridgehead atoms. The number of nitrogens with zero attached hydrogens (tertiary/aromatic N) is 2. The van der Waals surface area contributed by atoms with E-state index in [-0.39, 0.29) is 5.91 Å². The smallest absolute Gasteiger partial charge is 0.246 e. The molecule has 0 unspecified atom stereocenters. The molecular formula is C25H28N2O3S. The minimum Gasteiger partial charge on any atom is -0.493 e. The number of carbonyl (C=O) groups is 1. The van der Waals surface area contributed by atoms with E-state index < -0.39 is 0 Å². The molecular weight excluding hydrogens is 408 g/mol. The molecule has 5 nitrogen and oxygen atoms in total. The lowest BCUT2D eigenvalue weighted by Gasteiger charge is -2.30. The third-order valence-corrected chi connectivity index (χ3v) is 6.73. The number of ether oxygens (including phenoxy) is 2. The highest BCUT2D eigenvalue weighted by atomic mass is 32.1. The maximum atomic E-state index is 12.7. The summed E-state index contributed by atoms with van der Waals surface area (Å²) in [6, 6.07) is 14.0. The Hall–Kier alpha value is -2.86. The van der Waals surface area contributed by atoms with Crippen LogP contribution in [0.15, 0.2) is 48.5 Å². The van der Waals surface area contributed by atoms with Gasteiger partial charge < -0.3 is 14.4 Å². The Morgan fingerprint density at radius 3 is 2.74 bits per heavy atom. The van der Waals surface area contributed by atoms with Crippen molar-refractivity contribution < 1.29 is 14.3 Å². The fraction of sp³-hybridized carbons (Fsp3) is 0.360. The molecule has 1 aromatic heterocycles. The van der Waals surface area contributed by atoms with Crippen molar-refractivity contribution in [2.45, 2.75) is 32.1 Å². The normalized spacial score (nSPS) is 15.0. The second-order valence-electron chi connectivity index (χ2n) is 7.71. The van der Waals surface area contributed by atoms with Crippen LogP contribution >= 0.6 is 11.3 Å². The van der Waals surface area contributed by atoms with Gasteiger partial charge in [-0.3, -0.25) is 4.79 Å². The zero-order valence-electron chi connectivity index (χ0n) is 18.0. The first kappa shape index (κ1) is 21.4. The number of thiazole rings is 1. The highest BCUT2D eigenvalue weighted by Gasteiger charge is 2.25. The molecule has 3 aromatic rings. The molecule has 0 atom stereocenters. The number of benzene rings is 2. The van der Waals surface area contributed by atoms with E-state index in [9.17, 15) is 4.79 Å². The number of carbonyl (C=O) groups excluding carboxylic acids is 1. The number of piperidine rings is 1. The predicted molar refractivity (Wildman–Crippen MR) is 126 cm³/mol. The number of hydrogen-bond donors (Lipinski definition) is 0. The zero-order chi connectivity index (χ0) is 21.6. The van der Waals surface area contributed by atoms with Gasteiger partial charge in [-0.05, 0) is 55.2 Å². The van der Waals surface area contributed by atoms with Crippen LogP contribution in [0.25, 0.3) is 16.3 Å². The Labute approximate surface area is 187 Å². The summed E-state index contributed by atoms with van der Waals surface area (Å²) >= 11 is 1.78. The van der Waals surface area contributed by atoms with Gasteiger partial charge in [0, 0.05) is 25.1 Å². The van der Waals surface area contributed by atoms with E-state index in [0.717, 1.165) is 49.2 Å². The van der Waals surface area contributed by atoms with Gasteiger partial charge in [0.1, 0.15) is 0 Å². The average Bonchev–Trinajstić information content (AvgIpc) is 3.26. The Bertz CT molecular complexity index is 1030. The van der Waals surface area contributed by atoms with Crippen LogP contribution < -0.4 is 9.47 Å². The van der Waals surface area contributed by atoms with E-state index in [1.807, 2.05) is 35.2 Å². The van der Waals surface area contributed by atoms with Crippen molar-refractivity contribution in [2.75, 3.05) is 26.8 Å². The standard InChI is InChI=1S/C25H28N2O3S/c1-3-16-30-21-10-8-18(17-22(21)29-2)9-11-24(28)27-14-12-19(13-15-27)25-26-20-6-4-5-7-23(20)31-25/h4-11,17,19H,3,12-16H2,1-2H3/b11-9+. The molecule has 0 aliphatic carbocycles. The van der Waals surface area contributed by atoms with E-state index in [4.69, 9.17) is 14.5 Å². The van der Waals surface area contributed by atoms with E-state index in [0.29, 0.717) is 18.3 Å². The fourth-order valence-electron chi connectivity index (χ4n) is 3.80. The molecule has 1 aliphatic heterocycles. The van der Waals surface area contributed by atoms with Crippen LogP contribution in [-0.2, 0) is 4.79 Å². The first-order valence-corrected chi connectivity index (χ1v) is 11.6. The van der Waals surface area contributed by atoms with Crippen LogP contribution in [0, 0.1) is 0 Å². The maximum Gasteiger partial charge on any atom is 0.246 e. The summed E-state index contributed by atoms with van der Waals surface area (Å²) in [5.41, 5.74) is 1.99. The molecule has 0 N–H and O–H groups in total. The minimum atomic E-state index is 0.0491. The van der Waals surface area contributed by atoms with Crippen molar-refractivity contribution in [2.24, 2.45) is 0 Å². The van der Waals surface area contributed by atoms with Crippen molar-refractivity contribution in [3.05, 3.63) is 59.1 Å². The molecule has 0 spiro atoms. The minimum absolute atomic E-state index is 0.0491. The summed E-state index contributed by atoms with van der Waals surface area (Å²) in [6.45, 7) is 4.24. The van der Waals surface area contributed by atoms with Crippen molar-refractivity contribution >= 4 is 33.5 Å². The molecule has 2 heterocycles. The molecule has 31 heavy (non-hydrogen) atoms. The predicted octanol–water partition coefficient (Wildman–Crippen LogP) is 5.51. The molecule has 1 aliphatic rings. The van der Waals surface area contributed by atoms with Gasteiger partial charge in [-0.15, -0.1) is 11.3 Å². The van der Waals surface area contributed by atoms with Gasteiger partial charge in [0.25, 0.3) is 0 Å². The highest BCUT2D eigenvalue weighted by molar-refractivity contribution is 7.18. The van der Waals surface area contributed by atoms with Crippen molar-refractivity contribution in [1.29, 1.82) is 0 Å². The molecule has 0 radical (unpaired) electrons. The second-order valence-corrected chi connectivity index (χ2v) is 8.77. The SMILES string of the molecule is CCCOc1ccc(/C=C/C(=O)N2CCC(c3nc4ccccc4s3)CC2)cc1OC. The molecule has 0 saturated carbocycles. The van der Waals surface area contributed by atoms with Gasteiger partial charge in [0.05, 0.1) is 28.9 Å². The number of likely N-dealkylation sites (tertiary alicyclic amines) is 1. The largest absolute Gasteiger partial charge is 0.493 e. The Balaban J connectivity index is 1.35. The topological polar surface area (TPSA) is 51.7 Å². The van der Waals surface area contributed by atoms with Gasteiger partial charge in [0.15, 0.2) is 11.5 Å². The first-order valence-electron chi connectivity index (χ1n) is 10.8. The quantitative estimate of drug-likeness (QED) is 0.458. The van der Waals surface area contributed by atoms with Crippen LogP contribution in [-0.4, -0.2) is 42.6 Å². The molecule has 2 aromatic carbocycles. The third-order valence-electron chi connectivity index (χ3n) is 5.53. The Morgan fingerprint density at radius 2 is 2.00 bits per heavy atom. The van der Waals surface area contributed by atoms with Gasteiger partial charge in [-0.1, -0.05) is 25.1 Å². The van der Waals surface area contributed by atoms with Gasteiger partial charge >= 0.3 is 0 Å². The summed E-state index contributed by atoms with van der Waals surface area (Å²) in [4.78, 5) is 19.4. The van der Waals surface area contributed by atoms with E-state index in [1.165, 1.54) is 9.71 Å². The third kappa shape index (κ3) is 5.07. The van der Waals surface area contributed by atoms with Crippen LogP contribution in [0.2, 0.25) is 0 Å². The molecule has 1 saturated heterocycles. The van der Waals surface area contributed by atoms with Gasteiger partial charge in [-0.25, -0.2) is 4.98 Å². The van der Waals surface area contributed by atoms with E-state index >= 15 is 0 Å². The molecule has 1 amide bonds. The molecule has 6 heteroatoms. The zero-order valence-corrected chi connectivity index (χ0v) is 18.9. The first-order chi connectivity index (χ1) is 15.2. The lowest BCUT2D eigenvalue weighted by atomic mass is 9.97. The Morgan fingerprint density at radius 1 is 1.19 bits per heavy atom. The lowest BCUT2D eigenvalue weighted by molar-refractivity contribution is -0.126. The van der Waals surface area contributed by atoms with Crippen LogP contribution in [0.1, 0.15) is 42.7 Å². The lowest BCUT2D eigenvalue weighted by Crippen LogP contribution is -2.36. The Kier molecular flexibility index (Phi) is 6.87. The van der Waals surface area contributed by atoms with Gasteiger partial charge in [0.2, 0.25) is 5.91 Å². The molecule has 4 rings (SSSR count). The van der Waals surface area contributed by atoms with Crippen molar-refractivity contribution in [1.82, 2.24) is 9.88 Å². The van der Waals surface area contributed by atoms with Gasteiger partial charge in [-0.2, -0.15) is 0 Å². The van der Waals surface area contributed by atoms with Crippen LogP contribution in [0.4, 0.5) is 0 Å². The maximum absolute atomic E-state index is 12.7. The number of aromatic nitrogens is 1. The molecule has 162 valence electrons. The highest BCUT2D eigenvalue weighted by Crippen LogP contribution is 2.34. The summed E-state index contributed by atoms with van der Waals surface area (Å²) < 4.78 is 12.3. The summed E-state index contributed by atoms with van der Waals surface area (Å²) in [5.74, 6) is 1.89. The number of rotatable bonds is 7. The number of para-hydroxylation sites is 1. The number of fused-ring (bicyclic) bond motifs is 1. The van der Waals surface area contributed by atoms with Crippen LogP contribution in [0.3, 0.4) is 0 Å². The fourth-order valence-corrected chi connectivity index (χ4v) is 4.94. The number of hydrogen-bond acceptors (Lipinski definition) is 5. The van der Waals surface area contributed by atoms with Crippen molar-refractivity contribution in [3.8, 4) is 11.5 Å². The second kappa shape index (κ2) is 9.96. The van der Waals surface area contributed by atoms with Crippen molar-refractivity contribution in [3.63, 3.8) is 0 Å². The molecule has 1 fully saturated rings. The average molecular weight is 437 g/mol. The number of methoxy groups -OCH3 is 1. The summed E-state index contributed by atoms with van der Waals surface area (Å²) in [6.07, 6.45) is 6.34. The number of amides is 1. The van der Waals surface area contributed by atoms with Crippen LogP contribution in [0.5, 0.6) is 11.5 Å². The van der Waals surface area contributed by atoms with E-state index in [2.05, 4.69) is 25.1 Å². The monoisotopic (exact) mass is 436 g/mol. The summed E-state index contributed by atoms with van der Waals surface area (Å²) in [5, 5.41) is 1.20. The van der Waals surface area contributed by atoms with E-state index in [1.54, 1.807) is 24.5 Å². The summed E-state index contributed by atoms with van der Waals surface area (Å²) in [7, 11) is 1.63.